The van der Waals surface area contributed by atoms with Crippen LogP contribution in [0.15, 0.2) is 12.1 Å². The molecule has 5 nitrogen and oxygen atoms in total. The van der Waals surface area contributed by atoms with Gasteiger partial charge in [0.05, 0.1) is 17.6 Å². The maximum atomic E-state index is 11.5. The van der Waals surface area contributed by atoms with Crippen molar-refractivity contribution in [2.45, 2.75) is 32.2 Å². The number of aliphatic carboxylic acids is 1. The first-order valence-corrected chi connectivity index (χ1v) is 6.96. The Kier molecular flexibility index (Phi) is 3.09. The van der Waals surface area contributed by atoms with Gasteiger partial charge in [-0.3, -0.25) is 4.79 Å². The predicted octanol–water partition coefficient (Wildman–Crippen LogP) is 2.17. The molecule has 2 aliphatic carbocycles. The number of carbonyl (C=O) groups is 1. The number of aryl methyl sites for hydroxylation is 1. The van der Waals surface area contributed by atoms with Gasteiger partial charge in [0.1, 0.15) is 5.82 Å². The van der Waals surface area contributed by atoms with E-state index in [1.807, 2.05) is 6.92 Å². The van der Waals surface area contributed by atoms with Crippen molar-refractivity contribution in [2.24, 2.45) is 17.8 Å². The van der Waals surface area contributed by atoms with Crippen LogP contribution in [0.3, 0.4) is 0 Å². The summed E-state index contributed by atoms with van der Waals surface area (Å²) in [4.78, 5) is 15.8. The standard InChI is InChI=1S/C15H17N3O2/c1-8-4-9(7-16)5-12(17-8)18-14-11-3-2-10(6-11)13(14)15(19)20/h4-5,10-11,13-14H,2-3,6H2,1H3,(H,17,18)(H,19,20). The molecule has 0 aliphatic heterocycles. The van der Waals surface area contributed by atoms with Crippen molar-refractivity contribution < 1.29 is 9.90 Å². The summed E-state index contributed by atoms with van der Waals surface area (Å²) in [6, 6.07) is 5.46. The highest BCUT2D eigenvalue weighted by molar-refractivity contribution is 5.73. The van der Waals surface area contributed by atoms with Crippen molar-refractivity contribution >= 4 is 11.8 Å². The Labute approximate surface area is 117 Å². The Morgan fingerprint density at radius 1 is 1.45 bits per heavy atom. The maximum Gasteiger partial charge on any atom is 0.308 e. The van der Waals surface area contributed by atoms with Crippen LogP contribution in [0.4, 0.5) is 5.82 Å². The van der Waals surface area contributed by atoms with E-state index in [2.05, 4.69) is 16.4 Å². The molecule has 0 aromatic carbocycles. The molecule has 104 valence electrons. The van der Waals surface area contributed by atoms with Gasteiger partial charge in [0.15, 0.2) is 0 Å². The first-order valence-electron chi connectivity index (χ1n) is 6.96. The van der Waals surface area contributed by atoms with Gasteiger partial charge >= 0.3 is 5.97 Å². The topological polar surface area (TPSA) is 86.0 Å². The lowest BCUT2D eigenvalue weighted by Crippen LogP contribution is -2.39. The van der Waals surface area contributed by atoms with Gasteiger partial charge in [-0.1, -0.05) is 0 Å². The summed E-state index contributed by atoms with van der Waals surface area (Å²) in [5.41, 5.74) is 1.32. The Hall–Kier alpha value is -2.09. The summed E-state index contributed by atoms with van der Waals surface area (Å²) in [7, 11) is 0. The normalized spacial score (nSPS) is 31.0. The van der Waals surface area contributed by atoms with Crippen LogP contribution in [0.5, 0.6) is 0 Å². The predicted molar refractivity (Wildman–Crippen MR) is 73.1 cm³/mol. The van der Waals surface area contributed by atoms with Crippen LogP contribution < -0.4 is 5.32 Å². The van der Waals surface area contributed by atoms with Crippen molar-refractivity contribution in [1.29, 1.82) is 5.26 Å². The lowest BCUT2D eigenvalue weighted by Gasteiger charge is -2.29. The van der Waals surface area contributed by atoms with Crippen molar-refractivity contribution in [3.63, 3.8) is 0 Å². The zero-order chi connectivity index (χ0) is 14.3. The molecular formula is C15H17N3O2. The van der Waals surface area contributed by atoms with E-state index in [9.17, 15) is 9.90 Å². The van der Waals surface area contributed by atoms with Gasteiger partial charge in [-0.05, 0) is 50.2 Å². The lowest BCUT2D eigenvalue weighted by molar-refractivity contribution is -0.143. The number of hydrogen-bond acceptors (Lipinski definition) is 4. The fourth-order valence-corrected chi connectivity index (χ4v) is 3.83. The molecule has 2 saturated carbocycles. The van der Waals surface area contributed by atoms with Crippen LogP contribution in [0.25, 0.3) is 0 Å². The molecule has 2 N–H and O–H groups in total. The molecule has 0 radical (unpaired) electrons. The van der Waals surface area contributed by atoms with Crippen LogP contribution in [-0.4, -0.2) is 22.1 Å². The second-order valence-corrected chi connectivity index (χ2v) is 5.86. The molecular weight excluding hydrogens is 254 g/mol. The molecule has 2 bridgehead atoms. The van der Waals surface area contributed by atoms with E-state index in [1.165, 1.54) is 0 Å². The smallest absolute Gasteiger partial charge is 0.308 e. The molecule has 1 heterocycles. The monoisotopic (exact) mass is 271 g/mol. The van der Waals surface area contributed by atoms with Crippen LogP contribution >= 0.6 is 0 Å². The van der Waals surface area contributed by atoms with Gasteiger partial charge in [0, 0.05) is 11.7 Å². The highest BCUT2D eigenvalue weighted by Gasteiger charge is 2.51. The van der Waals surface area contributed by atoms with Gasteiger partial charge in [0.25, 0.3) is 0 Å². The Morgan fingerprint density at radius 2 is 2.20 bits per heavy atom. The van der Waals surface area contributed by atoms with Gasteiger partial charge in [0.2, 0.25) is 0 Å². The van der Waals surface area contributed by atoms with Crippen molar-refractivity contribution in [2.75, 3.05) is 5.32 Å². The zero-order valence-electron chi connectivity index (χ0n) is 11.3. The molecule has 0 saturated heterocycles. The van der Waals surface area contributed by atoms with Gasteiger partial charge in [-0.15, -0.1) is 0 Å². The van der Waals surface area contributed by atoms with Crippen molar-refractivity contribution in [3.8, 4) is 6.07 Å². The molecule has 0 amide bonds. The number of aromatic nitrogens is 1. The molecule has 5 heteroatoms. The van der Waals surface area contributed by atoms with Crippen molar-refractivity contribution in [1.82, 2.24) is 4.98 Å². The minimum Gasteiger partial charge on any atom is -0.481 e. The molecule has 1 aromatic rings. The molecule has 1 aromatic heterocycles. The van der Waals surface area contributed by atoms with Gasteiger partial charge in [-0.25, -0.2) is 4.98 Å². The number of nitrogens with one attached hydrogen (secondary N) is 1. The first-order chi connectivity index (χ1) is 9.58. The minimum absolute atomic E-state index is 0.0629. The van der Waals surface area contributed by atoms with E-state index in [1.54, 1.807) is 12.1 Å². The Bertz CT molecular complexity index is 593. The number of rotatable bonds is 3. The molecule has 2 aliphatic rings. The third-order valence-corrected chi connectivity index (χ3v) is 4.60. The van der Waals surface area contributed by atoms with E-state index in [0.717, 1.165) is 25.0 Å². The maximum absolute atomic E-state index is 11.5. The van der Waals surface area contributed by atoms with E-state index in [0.29, 0.717) is 17.3 Å². The molecule has 3 rings (SSSR count). The number of hydrogen-bond donors (Lipinski definition) is 2. The second kappa shape index (κ2) is 4.78. The third-order valence-electron chi connectivity index (χ3n) is 4.60. The molecule has 20 heavy (non-hydrogen) atoms. The largest absolute Gasteiger partial charge is 0.481 e. The highest BCUT2D eigenvalue weighted by atomic mass is 16.4. The van der Waals surface area contributed by atoms with E-state index < -0.39 is 5.97 Å². The number of nitriles is 1. The Morgan fingerprint density at radius 3 is 2.90 bits per heavy atom. The highest BCUT2D eigenvalue weighted by Crippen LogP contribution is 2.49. The molecule has 4 unspecified atom stereocenters. The number of anilines is 1. The van der Waals surface area contributed by atoms with Gasteiger partial charge < -0.3 is 10.4 Å². The fraction of sp³-hybridized carbons (Fsp3) is 0.533. The van der Waals surface area contributed by atoms with E-state index in [-0.39, 0.29) is 17.9 Å². The lowest BCUT2D eigenvalue weighted by atomic mass is 9.84. The van der Waals surface area contributed by atoms with E-state index in [4.69, 9.17) is 5.26 Å². The number of pyridine rings is 1. The molecule has 2 fully saturated rings. The quantitative estimate of drug-likeness (QED) is 0.880. The van der Waals surface area contributed by atoms with Crippen LogP contribution in [0.2, 0.25) is 0 Å². The summed E-state index contributed by atoms with van der Waals surface area (Å²) in [6.07, 6.45) is 3.10. The van der Waals surface area contributed by atoms with Gasteiger partial charge in [-0.2, -0.15) is 5.26 Å². The third kappa shape index (κ3) is 2.11. The summed E-state index contributed by atoms with van der Waals surface area (Å²) in [6.45, 7) is 1.83. The number of carboxylic acid groups (broad SMARTS) is 1. The average Bonchev–Trinajstić information content (AvgIpc) is 2.98. The zero-order valence-corrected chi connectivity index (χ0v) is 11.3. The first kappa shape index (κ1) is 12.9. The average molecular weight is 271 g/mol. The van der Waals surface area contributed by atoms with Crippen LogP contribution in [0, 0.1) is 36.0 Å². The summed E-state index contributed by atoms with van der Waals surface area (Å²) < 4.78 is 0. The van der Waals surface area contributed by atoms with E-state index >= 15 is 0 Å². The number of nitrogens with zero attached hydrogens (tertiary/aromatic N) is 2. The number of carboxylic acids is 1. The molecule has 0 spiro atoms. The summed E-state index contributed by atoms with van der Waals surface area (Å²) >= 11 is 0. The summed E-state index contributed by atoms with van der Waals surface area (Å²) in [5.74, 6) is 0.263. The Balaban J connectivity index is 1.85. The summed E-state index contributed by atoms with van der Waals surface area (Å²) in [5, 5.41) is 21.7. The second-order valence-electron chi connectivity index (χ2n) is 5.86. The van der Waals surface area contributed by atoms with Crippen LogP contribution in [0.1, 0.15) is 30.5 Å². The SMILES string of the molecule is Cc1cc(C#N)cc(NC2C3CCC(C3)C2C(=O)O)n1. The van der Waals surface area contributed by atoms with Crippen molar-refractivity contribution in [3.05, 3.63) is 23.4 Å². The van der Waals surface area contributed by atoms with Crippen LogP contribution in [-0.2, 0) is 4.79 Å². The minimum atomic E-state index is -0.720. The fourth-order valence-electron chi connectivity index (χ4n) is 3.83. The molecule has 4 atom stereocenters. The number of fused-ring (bicyclic) bond motifs is 2.